The summed E-state index contributed by atoms with van der Waals surface area (Å²) in [6, 6.07) is 14.1. The van der Waals surface area contributed by atoms with Gasteiger partial charge in [0.15, 0.2) is 5.76 Å². The first-order chi connectivity index (χ1) is 15.4. The number of nitro benzene ring substituents is 1. The second kappa shape index (κ2) is 8.72. The van der Waals surface area contributed by atoms with Crippen molar-refractivity contribution in [1.29, 1.82) is 0 Å². The molecule has 162 valence electrons. The van der Waals surface area contributed by atoms with Crippen molar-refractivity contribution >= 4 is 34.2 Å². The van der Waals surface area contributed by atoms with Gasteiger partial charge in [-0.15, -0.1) is 0 Å². The van der Waals surface area contributed by atoms with E-state index in [1.807, 2.05) is 17.7 Å². The van der Waals surface area contributed by atoms with Crippen molar-refractivity contribution in [2.24, 2.45) is 7.05 Å². The van der Waals surface area contributed by atoms with Gasteiger partial charge in [-0.1, -0.05) is 6.07 Å². The third-order valence-electron chi connectivity index (χ3n) is 4.93. The maximum Gasteiger partial charge on any atom is 0.286 e. The molecule has 2 aromatic heterocycles. The topological polar surface area (TPSA) is 132 Å². The van der Waals surface area contributed by atoms with E-state index in [0.29, 0.717) is 24.2 Å². The third-order valence-corrected chi connectivity index (χ3v) is 4.93. The number of amides is 2. The minimum absolute atomic E-state index is 0.151. The summed E-state index contributed by atoms with van der Waals surface area (Å²) in [6.07, 6.45) is 1.95. The Morgan fingerprint density at radius 1 is 1.12 bits per heavy atom. The number of rotatable bonds is 7. The molecule has 2 aromatic carbocycles. The van der Waals surface area contributed by atoms with Crippen LogP contribution in [0.5, 0.6) is 0 Å². The van der Waals surface area contributed by atoms with Crippen LogP contribution >= 0.6 is 0 Å². The Morgan fingerprint density at radius 3 is 2.72 bits per heavy atom. The Kier molecular flexibility index (Phi) is 5.67. The highest BCUT2D eigenvalue weighted by Gasteiger charge is 2.14. The van der Waals surface area contributed by atoms with Crippen molar-refractivity contribution in [2.75, 3.05) is 11.9 Å². The highest BCUT2D eigenvalue weighted by atomic mass is 16.6. The first-order valence-corrected chi connectivity index (χ1v) is 9.75. The molecule has 32 heavy (non-hydrogen) atoms. The van der Waals surface area contributed by atoms with Crippen LogP contribution in [0, 0.1) is 10.1 Å². The van der Waals surface area contributed by atoms with Gasteiger partial charge >= 0.3 is 0 Å². The number of nitrogens with one attached hydrogen (secondary N) is 2. The van der Waals surface area contributed by atoms with Crippen molar-refractivity contribution in [2.45, 2.75) is 6.42 Å². The zero-order valence-corrected chi connectivity index (χ0v) is 17.1. The van der Waals surface area contributed by atoms with Gasteiger partial charge in [-0.3, -0.25) is 19.7 Å². The molecule has 0 bridgehead atoms. The molecule has 0 saturated heterocycles. The zero-order chi connectivity index (χ0) is 22.7. The summed E-state index contributed by atoms with van der Waals surface area (Å²) < 4.78 is 6.98. The first kappa shape index (κ1) is 20.8. The van der Waals surface area contributed by atoms with E-state index in [0.717, 1.165) is 11.3 Å². The lowest BCUT2D eigenvalue weighted by Crippen LogP contribution is -2.25. The monoisotopic (exact) mass is 433 g/mol. The summed E-state index contributed by atoms with van der Waals surface area (Å²) in [7, 11) is 1.88. The number of benzene rings is 2. The molecular formula is C22H19N5O5. The molecule has 0 unspecified atom stereocenters. The van der Waals surface area contributed by atoms with Gasteiger partial charge in [0.25, 0.3) is 17.5 Å². The molecular weight excluding hydrogens is 414 g/mol. The number of furan rings is 1. The molecule has 0 radical (unpaired) electrons. The molecule has 0 aliphatic carbocycles. The fourth-order valence-corrected chi connectivity index (χ4v) is 3.30. The van der Waals surface area contributed by atoms with Crippen LogP contribution in [-0.2, 0) is 13.5 Å². The van der Waals surface area contributed by atoms with Crippen LogP contribution in [0.1, 0.15) is 26.7 Å². The number of nitro groups is 1. The van der Waals surface area contributed by atoms with Crippen molar-refractivity contribution < 1.29 is 18.9 Å². The van der Waals surface area contributed by atoms with Gasteiger partial charge in [-0.25, -0.2) is 4.98 Å². The van der Waals surface area contributed by atoms with E-state index in [4.69, 9.17) is 4.42 Å². The molecule has 0 aliphatic heterocycles. The van der Waals surface area contributed by atoms with E-state index in [-0.39, 0.29) is 22.9 Å². The first-order valence-electron chi connectivity index (χ1n) is 9.75. The number of imidazole rings is 1. The summed E-state index contributed by atoms with van der Waals surface area (Å²) in [4.78, 5) is 39.4. The van der Waals surface area contributed by atoms with E-state index in [2.05, 4.69) is 15.6 Å². The van der Waals surface area contributed by atoms with Gasteiger partial charge in [-0.05, 0) is 36.4 Å². The van der Waals surface area contributed by atoms with Crippen LogP contribution in [-0.4, -0.2) is 32.8 Å². The molecule has 4 aromatic rings. The maximum absolute atomic E-state index is 12.5. The minimum Gasteiger partial charge on any atom is -0.459 e. The number of nitrogens with zero attached hydrogens (tertiary/aromatic N) is 3. The number of fused-ring (bicyclic) bond motifs is 1. The molecule has 2 amide bonds. The van der Waals surface area contributed by atoms with E-state index in [9.17, 15) is 19.7 Å². The van der Waals surface area contributed by atoms with Gasteiger partial charge in [0.2, 0.25) is 0 Å². The lowest BCUT2D eigenvalue weighted by atomic mass is 10.2. The second-order valence-electron chi connectivity index (χ2n) is 7.04. The number of carbonyl (C=O) groups is 2. The third kappa shape index (κ3) is 4.33. The molecule has 10 nitrogen and oxygen atoms in total. The van der Waals surface area contributed by atoms with Crippen LogP contribution in [0.25, 0.3) is 11.0 Å². The Labute approximate surface area is 182 Å². The van der Waals surface area contributed by atoms with Crippen molar-refractivity contribution in [3.05, 3.63) is 88.1 Å². The van der Waals surface area contributed by atoms with Gasteiger partial charge in [-0.2, -0.15) is 0 Å². The Balaban J connectivity index is 1.45. The average Bonchev–Trinajstić information content (AvgIpc) is 3.42. The fraction of sp³-hybridized carbons (Fsp3) is 0.136. The Morgan fingerprint density at radius 2 is 1.97 bits per heavy atom. The summed E-state index contributed by atoms with van der Waals surface area (Å²) in [5, 5.41) is 16.4. The molecule has 10 heteroatoms. The molecule has 0 spiro atoms. The van der Waals surface area contributed by atoms with Crippen LogP contribution in [0.3, 0.4) is 0 Å². The van der Waals surface area contributed by atoms with Crippen LogP contribution < -0.4 is 10.6 Å². The SMILES string of the molecule is Cn1c(CCNC(=O)c2ccco2)nc2cc(NC(=O)c3cccc([N+](=O)[O-])c3)ccc21. The Hall–Kier alpha value is -4.47. The number of carbonyl (C=O) groups excluding carboxylic acids is 2. The van der Waals surface area contributed by atoms with Crippen molar-refractivity contribution in [1.82, 2.24) is 14.9 Å². The van der Waals surface area contributed by atoms with Crippen LogP contribution in [0.2, 0.25) is 0 Å². The van der Waals surface area contributed by atoms with Gasteiger partial charge in [0.1, 0.15) is 5.82 Å². The highest BCUT2D eigenvalue weighted by Crippen LogP contribution is 2.21. The van der Waals surface area contributed by atoms with Crippen molar-refractivity contribution in [3.63, 3.8) is 0 Å². The molecule has 0 aliphatic rings. The number of anilines is 1. The minimum atomic E-state index is -0.546. The highest BCUT2D eigenvalue weighted by molar-refractivity contribution is 6.05. The smallest absolute Gasteiger partial charge is 0.286 e. The van der Waals surface area contributed by atoms with E-state index in [1.54, 1.807) is 24.3 Å². The van der Waals surface area contributed by atoms with Gasteiger partial charge in [0.05, 0.1) is 22.2 Å². The zero-order valence-electron chi connectivity index (χ0n) is 17.1. The largest absolute Gasteiger partial charge is 0.459 e. The summed E-state index contributed by atoms with van der Waals surface area (Å²) in [5.74, 6) is 0.269. The summed E-state index contributed by atoms with van der Waals surface area (Å²) in [5.41, 5.74) is 2.10. The molecule has 0 atom stereocenters. The lowest BCUT2D eigenvalue weighted by molar-refractivity contribution is -0.384. The Bertz CT molecular complexity index is 1310. The lowest BCUT2D eigenvalue weighted by Gasteiger charge is -2.06. The van der Waals surface area contributed by atoms with Crippen LogP contribution in [0.4, 0.5) is 11.4 Å². The standard InChI is InChI=1S/C22H19N5O5/c1-26-18-8-7-15(24-21(28)14-4-2-5-16(12-14)27(30)31)13-17(18)25-20(26)9-10-23-22(29)19-6-3-11-32-19/h2-8,11-13H,9-10H2,1H3,(H,23,29)(H,24,28). The average molecular weight is 433 g/mol. The van der Waals surface area contributed by atoms with E-state index >= 15 is 0 Å². The summed E-state index contributed by atoms with van der Waals surface area (Å²) >= 11 is 0. The molecule has 2 N–H and O–H groups in total. The van der Waals surface area contributed by atoms with Gasteiger partial charge < -0.3 is 19.6 Å². The second-order valence-corrected chi connectivity index (χ2v) is 7.04. The quantitative estimate of drug-likeness (QED) is 0.339. The van der Waals surface area contributed by atoms with Gasteiger partial charge in [0, 0.05) is 43.4 Å². The number of aromatic nitrogens is 2. The number of aryl methyl sites for hydroxylation is 1. The van der Waals surface area contributed by atoms with E-state index < -0.39 is 10.8 Å². The van der Waals surface area contributed by atoms with Crippen LogP contribution in [0.15, 0.2) is 65.3 Å². The number of non-ortho nitro benzene ring substituents is 1. The normalized spacial score (nSPS) is 10.8. The fourth-order valence-electron chi connectivity index (χ4n) is 3.30. The molecule has 0 fully saturated rings. The van der Waals surface area contributed by atoms with E-state index in [1.165, 1.54) is 30.5 Å². The number of hydrogen-bond acceptors (Lipinski definition) is 6. The van der Waals surface area contributed by atoms with Crippen molar-refractivity contribution in [3.8, 4) is 0 Å². The maximum atomic E-state index is 12.5. The predicted octanol–water partition coefficient (Wildman–Crippen LogP) is 3.30. The number of hydrogen-bond donors (Lipinski definition) is 2. The molecule has 2 heterocycles. The predicted molar refractivity (Wildman–Crippen MR) is 117 cm³/mol. The molecule has 0 saturated carbocycles. The molecule has 4 rings (SSSR count). The summed E-state index contributed by atoms with van der Waals surface area (Å²) in [6.45, 7) is 0.382.